The normalized spacial score (nSPS) is 43.5. The average Bonchev–Trinajstić information content (AvgIpc) is 2.86. The van der Waals surface area contributed by atoms with Gasteiger partial charge in [-0.2, -0.15) is 0 Å². The lowest BCUT2D eigenvalue weighted by Gasteiger charge is -2.38. The molecule has 2 bridgehead atoms. The van der Waals surface area contributed by atoms with Crippen molar-refractivity contribution in [3.8, 4) is 0 Å². The Hall–Kier alpha value is 0.177. The van der Waals surface area contributed by atoms with Gasteiger partial charge in [-0.15, -0.1) is 0 Å². The average molecular weight is 266 g/mol. The van der Waals surface area contributed by atoms with E-state index in [2.05, 4.69) is 38.8 Å². The van der Waals surface area contributed by atoms with Gasteiger partial charge in [-0.05, 0) is 82.1 Å². The van der Waals surface area contributed by atoms with Crippen LogP contribution < -0.4 is 4.98 Å². The van der Waals surface area contributed by atoms with Crippen LogP contribution in [0.25, 0.3) is 0 Å². The van der Waals surface area contributed by atoms with Crippen molar-refractivity contribution in [1.82, 2.24) is 4.98 Å². The van der Waals surface area contributed by atoms with E-state index < -0.39 is 8.24 Å². The van der Waals surface area contributed by atoms with Gasteiger partial charge in [0.25, 0.3) is 0 Å². The minimum Gasteiger partial charge on any atom is -0.332 e. The molecule has 2 heteroatoms. The van der Waals surface area contributed by atoms with Gasteiger partial charge in [0, 0.05) is 5.54 Å². The molecule has 3 rings (SSSR count). The summed E-state index contributed by atoms with van der Waals surface area (Å²) in [4.78, 5) is 4.02. The van der Waals surface area contributed by atoms with Crippen molar-refractivity contribution in [2.45, 2.75) is 77.0 Å². The molecule has 1 nitrogen and oxygen atoms in total. The maximum absolute atomic E-state index is 4.02. The van der Waals surface area contributed by atoms with Crippen LogP contribution in [-0.4, -0.2) is 13.8 Å². The van der Waals surface area contributed by atoms with Crippen LogP contribution in [0.1, 0.15) is 52.9 Å². The van der Waals surface area contributed by atoms with Gasteiger partial charge in [0.1, 0.15) is 8.24 Å². The first-order valence-corrected chi connectivity index (χ1v) is 11.1. The van der Waals surface area contributed by atoms with Crippen molar-refractivity contribution < 1.29 is 0 Å². The van der Waals surface area contributed by atoms with Gasteiger partial charge in [0.05, 0.1) is 0 Å². The van der Waals surface area contributed by atoms with Crippen LogP contribution in [-0.2, 0) is 0 Å². The monoisotopic (exact) mass is 265 g/mol. The molecular formula is C16H31NSi. The summed E-state index contributed by atoms with van der Waals surface area (Å²) in [6.07, 6.45) is 7.85. The standard InChI is InChI=1S/C16H31NSi/c1-16(2,3)17-18(4,5)13-9-14-11-6-7-12(8-11)15(14)10-13/h11-15,17H,6-10H2,1-5H3/t11-,12+,13?,14?,15?. The highest BCUT2D eigenvalue weighted by Gasteiger charge is 2.54. The first kappa shape index (κ1) is 13.2. The SMILES string of the molecule is CC(C)(C)N[Si](C)(C)C1CC2C(C1)[C@H]1CC[C@@H]2C1. The maximum atomic E-state index is 4.02. The lowest BCUT2D eigenvalue weighted by Crippen LogP contribution is -2.56. The Labute approximate surface area is 114 Å². The van der Waals surface area contributed by atoms with Crippen LogP contribution in [0.3, 0.4) is 0 Å². The third-order valence-corrected chi connectivity index (χ3v) is 10.0. The zero-order valence-electron chi connectivity index (χ0n) is 12.9. The van der Waals surface area contributed by atoms with Gasteiger partial charge >= 0.3 is 0 Å². The number of hydrogen-bond acceptors (Lipinski definition) is 1. The van der Waals surface area contributed by atoms with Gasteiger partial charge in [0.2, 0.25) is 0 Å². The highest BCUT2D eigenvalue weighted by molar-refractivity contribution is 6.76. The number of rotatable bonds is 2. The van der Waals surface area contributed by atoms with Gasteiger partial charge in [-0.3, -0.25) is 0 Å². The molecule has 0 aromatic heterocycles. The molecule has 0 radical (unpaired) electrons. The minimum atomic E-state index is -1.25. The first-order valence-electron chi connectivity index (χ1n) is 8.05. The molecular weight excluding hydrogens is 234 g/mol. The van der Waals surface area contributed by atoms with E-state index in [0.717, 1.165) is 29.2 Å². The Kier molecular flexibility index (Phi) is 2.99. The van der Waals surface area contributed by atoms with Crippen LogP contribution in [0.15, 0.2) is 0 Å². The predicted octanol–water partition coefficient (Wildman–Crippen LogP) is 4.41. The Morgan fingerprint density at radius 2 is 1.39 bits per heavy atom. The molecule has 3 fully saturated rings. The summed E-state index contributed by atoms with van der Waals surface area (Å²) in [5, 5.41) is 0. The van der Waals surface area contributed by atoms with Gasteiger partial charge in [-0.25, -0.2) is 0 Å². The third kappa shape index (κ3) is 2.20. The summed E-state index contributed by atoms with van der Waals surface area (Å²) >= 11 is 0. The maximum Gasteiger partial charge on any atom is 0.122 e. The Morgan fingerprint density at radius 3 is 1.83 bits per heavy atom. The highest BCUT2D eigenvalue weighted by atomic mass is 28.3. The number of fused-ring (bicyclic) bond motifs is 5. The van der Waals surface area contributed by atoms with E-state index in [-0.39, 0.29) is 0 Å². The fraction of sp³-hybridized carbons (Fsp3) is 1.00. The summed E-state index contributed by atoms with van der Waals surface area (Å²) in [5.41, 5.74) is 1.34. The lowest BCUT2D eigenvalue weighted by molar-refractivity contribution is 0.259. The zero-order chi connectivity index (χ0) is 13.1. The molecule has 0 heterocycles. The van der Waals surface area contributed by atoms with E-state index in [4.69, 9.17) is 0 Å². The molecule has 0 spiro atoms. The van der Waals surface area contributed by atoms with E-state index in [9.17, 15) is 0 Å². The molecule has 1 N–H and O–H groups in total. The summed E-state index contributed by atoms with van der Waals surface area (Å²) in [6, 6.07) is 0. The fourth-order valence-corrected chi connectivity index (χ4v) is 9.54. The van der Waals surface area contributed by atoms with E-state index >= 15 is 0 Å². The molecule has 0 saturated heterocycles. The Morgan fingerprint density at radius 1 is 0.889 bits per heavy atom. The molecule has 0 amide bonds. The second-order valence-electron chi connectivity index (χ2n) is 8.93. The molecule has 3 unspecified atom stereocenters. The van der Waals surface area contributed by atoms with Crippen molar-refractivity contribution >= 4 is 8.24 Å². The number of hydrogen-bond donors (Lipinski definition) is 1. The van der Waals surface area contributed by atoms with Crippen LogP contribution in [0.4, 0.5) is 0 Å². The van der Waals surface area contributed by atoms with Crippen molar-refractivity contribution in [2.24, 2.45) is 23.7 Å². The summed E-state index contributed by atoms with van der Waals surface area (Å²) in [7, 11) is -1.25. The smallest absolute Gasteiger partial charge is 0.122 e. The molecule has 104 valence electrons. The largest absolute Gasteiger partial charge is 0.332 e. The summed E-state index contributed by atoms with van der Waals surface area (Å²) < 4.78 is 0. The molecule has 0 aromatic carbocycles. The zero-order valence-corrected chi connectivity index (χ0v) is 13.9. The molecule has 3 saturated carbocycles. The molecule has 3 aliphatic rings. The lowest BCUT2D eigenvalue weighted by atomic mass is 9.82. The highest BCUT2D eigenvalue weighted by Crippen LogP contribution is 2.62. The minimum absolute atomic E-state index is 0.298. The van der Waals surface area contributed by atoms with Crippen LogP contribution in [0.5, 0.6) is 0 Å². The van der Waals surface area contributed by atoms with Crippen molar-refractivity contribution in [1.29, 1.82) is 0 Å². The van der Waals surface area contributed by atoms with E-state index in [1.54, 1.807) is 32.1 Å². The quantitative estimate of drug-likeness (QED) is 0.729. The second-order valence-corrected chi connectivity index (χ2v) is 13.4. The van der Waals surface area contributed by atoms with Crippen molar-refractivity contribution in [3.05, 3.63) is 0 Å². The molecule has 0 aromatic rings. The van der Waals surface area contributed by atoms with Crippen LogP contribution in [0.2, 0.25) is 18.6 Å². The predicted molar refractivity (Wildman–Crippen MR) is 81.2 cm³/mol. The first-order chi connectivity index (χ1) is 8.26. The second kappa shape index (κ2) is 4.08. The third-order valence-electron chi connectivity index (χ3n) is 6.11. The van der Waals surface area contributed by atoms with Crippen LogP contribution in [0, 0.1) is 23.7 Å². The summed E-state index contributed by atoms with van der Waals surface area (Å²) in [6.45, 7) is 12.2. The number of nitrogens with one attached hydrogen (secondary N) is 1. The van der Waals surface area contributed by atoms with Crippen molar-refractivity contribution in [2.75, 3.05) is 0 Å². The van der Waals surface area contributed by atoms with E-state index in [1.807, 2.05) is 0 Å². The van der Waals surface area contributed by atoms with Crippen LogP contribution >= 0.6 is 0 Å². The van der Waals surface area contributed by atoms with Gasteiger partial charge in [0.15, 0.2) is 0 Å². The molecule has 0 aliphatic heterocycles. The molecule has 18 heavy (non-hydrogen) atoms. The Bertz CT molecular complexity index is 312. The fourth-order valence-electron chi connectivity index (χ4n) is 5.68. The van der Waals surface area contributed by atoms with E-state index in [0.29, 0.717) is 5.54 Å². The topological polar surface area (TPSA) is 12.0 Å². The Balaban J connectivity index is 1.69. The van der Waals surface area contributed by atoms with Gasteiger partial charge in [-0.1, -0.05) is 13.1 Å². The summed E-state index contributed by atoms with van der Waals surface area (Å²) in [5.74, 6) is 4.51. The molecule has 5 atom stereocenters. The van der Waals surface area contributed by atoms with Gasteiger partial charge < -0.3 is 4.98 Å². The molecule has 3 aliphatic carbocycles. The van der Waals surface area contributed by atoms with E-state index in [1.165, 1.54) is 0 Å². The van der Waals surface area contributed by atoms with Crippen molar-refractivity contribution in [3.63, 3.8) is 0 Å².